The van der Waals surface area contributed by atoms with Crippen LogP contribution in [0.15, 0.2) is 121 Å². The normalized spacial score (nSPS) is 12.1. The number of carbonyl (C=O) groups excluding carboxylic acids is 4. The monoisotopic (exact) mass is 812 g/mol. The van der Waals surface area contributed by atoms with Crippen LogP contribution in [-0.2, 0) is 20.8 Å². The first-order valence-electron chi connectivity index (χ1n) is 20.5. The number of benzene rings is 2. The molecule has 0 fully saturated rings. The Labute approximate surface area is 352 Å². The van der Waals surface area contributed by atoms with Crippen LogP contribution in [0.25, 0.3) is 0 Å². The molecule has 314 valence electrons. The van der Waals surface area contributed by atoms with E-state index in [0.717, 1.165) is 44.1 Å². The number of rotatable bonds is 28. The number of amides is 4. The lowest BCUT2D eigenvalue weighted by atomic mass is 10.1. The number of ether oxygens (including phenoxy) is 1. The number of nitrogens with zero attached hydrogens (tertiary/aromatic N) is 1. The summed E-state index contributed by atoms with van der Waals surface area (Å²) in [6, 6.07) is 14.1. The van der Waals surface area contributed by atoms with Crippen molar-refractivity contribution in [3.8, 4) is 5.75 Å². The lowest BCUT2D eigenvalue weighted by molar-refractivity contribution is -0.135. The fourth-order valence-corrected chi connectivity index (χ4v) is 5.60. The first-order valence-corrected chi connectivity index (χ1v) is 20.9. The van der Waals surface area contributed by atoms with Crippen molar-refractivity contribution in [2.24, 2.45) is 0 Å². The second kappa shape index (κ2) is 30.0. The van der Waals surface area contributed by atoms with Crippen molar-refractivity contribution < 1.29 is 23.9 Å². The van der Waals surface area contributed by atoms with Crippen molar-refractivity contribution in [2.45, 2.75) is 97.5 Å². The predicted molar refractivity (Wildman–Crippen MR) is 239 cm³/mol. The van der Waals surface area contributed by atoms with Gasteiger partial charge in [0, 0.05) is 56.7 Å². The zero-order chi connectivity index (χ0) is 42.3. The third-order valence-electron chi connectivity index (χ3n) is 8.82. The average Bonchev–Trinajstić information content (AvgIpc) is 3.20. The van der Waals surface area contributed by atoms with Gasteiger partial charge in [0.1, 0.15) is 5.75 Å². The van der Waals surface area contributed by atoms with E-state index in [1.54, 1.807) is 55.1 Å². The molecule has 0 aliphatic rings. The number of allylic oxidation sites excluding steroid dienone is 12. The molecule has 0 unspecified atom stereocenters. The quantitative estimate of drug-likeness (QED) is 0.0585. The maximum atomic E-state index is 13.0. The van der Waals surface area contributed by atoms with E-state index in [1.165, 1.54) is 6.92 Å². The van der Waals surface area contributed by atoms with Gasteiger partial charge in [-0.1, -0.05) is 104 Å². The van der Waals surface area contributed by atoms with Crippen LogP contribution in [-0.4, -0.2) is 66.9 Å². The zero-order valence-corrected chi connectivity index (χ0v) is 35.8. The molecule has 0 heterocycles. The third-order valence-corrected chi connectivity index (χ3v) is 9.07. The second-order valence-electron chi connectivity index (χ2n) is 14.2. The molecule has 2 aromatic rings. The molecule has 0 aliphatic carbocycles. The molecule has 58 heavy (non-hydrogen) atoms. The molecule has 4 amide bonds. The molecular formula is C48H65ClN4O5. The fourth-order valence-electron chi connectivity index (χ4n) is 5.47. The van der Waals surface area contributed by atoms with Gasteiger partial charge < -0.3 is 25.6 Å². The Bertz CT molecular complexity index is 1690. The molecule has 0 aliphatic heterocycles. The van der Waals surface area contributed by atoms with Crippen LogP contribution in [0.5, 0.6) is 5.75 Å². The molecule has 2 aromatic carbocycles. The third kappa shape index (κ3) is 23.2. The second-order valence-corrected chi connectivity index (χ2v) is 14.6. The van der Waals surface area contributed by atoms with Crippen molar-refractivity contribution >= 4 is 35.2 Å². The summed E-state index contributed by atoms with van der Waals surface area (Å²) in [6.45, 7) is 9.04. The molecule has 10 heteroatoms. The summed E-state index contributed by atoms with van der Waals surface area (Å²) >= 11 is 5.89. The summed E-state index contributed by atoms with van der Waals surface area (Å²) in [4.78, 5) is 51.5. The molecule has 2 rings (SSSR count). The van der Waals surface area contributed by atoms with E-state index in [2.05, 4.69) is 89.7 Å². The number of hydrogen-bond acceptors (Lipinski definition) is 5. The molecule has 0 saturated carbocycles. The molecule has 0 saturated heterocycles. The fraction of sp³-hybridized carbons (Fsp3) is 0.417. The number of hydrogen-bond donors (Lipinski definition) is 3. The summed E-state index contributed by atoms with van der Waals surface area (Å²) in [7, 11) is 0. The van der Waals surface area contributed by atoms with Gasteiger partial charge in [0.2, 0.25) is 11.8 Å². The lowest BCUT2D eigenvalue weighted by Gasteiger charge is -2.27. The highest BCUT2D eigenvalue weighted by atomic mass is 35.5. The number of nitrogens with one attached hydrogen (secondary N) is 3. The maximum absolute atomic E-state index is 13.0. The molecule has 0 radical (unpaired) electrons. The van der Waals surface area contributed by atoms with Crippen LogP contribution in [0.2, 0.25) is 5.02 Å². The van der Waals surface area contributed by atoms with Crippen LogP contribution in [0.1, 0.15) is 101 Å². The summed E-state index contributed by atoms with van der Waals surface area (Å²) in [5, 5.41) is 9.28. The average molecular weight is 814 g/mol. The molecule has 3 N–H and O–H groups in total. The van der Waals surface area contributed by atoms with Gasteiger partial charge in [0.25, 0.3) is 11.8 Å². The van der Waals surface area contributed by atoms with E-state index in [9.17, 15) is 19.2 Å². The van der Waals surface area contributed by atoms with E-state index in [0.29, 0.717) is 68.2 Å². The molecule has 0 spiro atoms. The van der Waals surface area contributed by atoms with Crippen molar-refractivity contribution in [1.82, 2.24) is 20.9 Å². The van der Waals surface area contributed by atoms with Gasteiger partial charge in [-0.15, -0.1) is 0 Å². The highest BCUT2D eigenvalue weighted by molar-refractivity contribution is 6.30. The van der Waals surface area contributed by atoms with E-state index < -0.39 is 5.60 Å². The summed E-state index contributed by atoms with van der Waals surface area (Å²) < 4.78 is 6.00. The SMILES string of the molecule is CC/C=C\C/C=C\C/C=C\C/C=C\C/C=C\C/C=C\CCC(=O)NCCCN(CCNC(=O)C(C)(C)Oc1ccc(CCNC(=O)c2ccc(Cl)cc2)cc1)C(C)=O. The Hall–Kier alpha value is -5.15. The van der Waals surface area contributed by atoms with Gasteiger partial charge in [-0.05, 0) is 114 Å². The molecular weight excluding hydrogens is 748 g/mol. The van der Waals surface area contributed by atoms with Crippen molar-refractivity contribution in [2.75, 3.05) is 32.7 Å². The minimum absolute atomic E-state index is 0.0169. The van der Waals surface area contributed by atoms with Crippen molar-refractivity contribution in [3.63, 3.8) is 0 Å². The summed E-state index contributed by atoms with van der Waals surface area (Å²) in [6.07, 6.45) is 34.0. The van der Waals surface area contributed by atoms with Crippen LogP contribution < -0.4 is 20.7 Å². The van der Waals surface area contributed by atoms with Gasteiger partial charge in [0.05, 0.1) is 0 Å². The smallest absolute Gasteiger partial charge is 0.263 e. The van der Waals surface area contributed by atoms with Gasteiger partial charge in [-0.3, -0.25) is 19.2 Å². The zero-order valence-electron chi connectivity index (χ0n) is 35.0. The Balaban J connectivity index is 1.55. The predicted octanol–water partition coefficient (Wildman–Crippen LogP) is 9.42. The van der Waals surface area contributed by atoms with E-state index in [4.69, 9.17) is 16.3 Å². The van der Waals surface area contributed by atoms with Crippen molar-refractivity contribution in [3.05, 3.63) is 138 Å². The van der Waals surface area contributed by atoms with Gasteiger partial charge in [-0.2, -0.15) is 0 Å². The minimum Gasteiger partial charge on any atom is -0.478 e. The van der Waals surface area contributed by atoms with Crippen molar-refractivity contribution in [1.29, 1.82) is 0 Å². The first kappa shape index (κ1) is 49.0. The topological polar surface area (TPSA) is 117 Å². The first-order chi connectivity index (χ1) is 28.0. The van der Waals surface area contributed by atoms with Crippen LogP contribution >= 0.6 is 11.6 Å². The molecule has 0 bridgehead atoms. The van der Waals surface area contributed by atoms with E-state index in [1.807, 2.05) is 18.2 Å². The van der Waals surface area contributed by atoms with E-state index >= 15 is 0 Å². The number of halogens is 1. The standard InChI is InChI=1S/C48H65ClN4O5/c1-5-6-7-8-9-10-11-12-13-14-15-16-17-18-19-20-21-22-23-25-45(55)50-35-24-38-53(40(2)54)39-37-52-47(57)48(3,4)58-44-32-26-41(27-33-44)34-36-51-46(56)42-28-30-43(49)31-29-42/h6-7,9-10,12-13,15-16,18-19,21-22,26-33H,5,8,11,14,17,20,23-25,34-39H2,1-4H3,(H,50,55)(H,51,56)(H,52,57)/b7-6-,10-9-,13-12-,16-15-,19-18-,22-21-. The Morgan fingerprint density at radius 2 is 1.22 bits per heavy atom. The molecule has 0 atom stereocenters. The largest absolute Gasteiger partial charge is 0.478 e. The van der Waals surface area contributed by atoms with Gasteiger partial charge in [0.15, 0.2) is 5.60 Å². The minimum atomic E-state index is -1.15. The lowest BCUT2D eigenvalue weighted by Crippen LogP contribution is -2.48. The summed E-state index contributed by atoms with van der Waals surface area (Å²) in [5.41, 5.74) is 0.410. The Kier molecular flexibility index (Phi) is 25.3. The number of carbonyl (C=O) groups is 4. The Morgan fingerprint density at radius 3 is 1.78 bits per heavy atom. The van der Waals surface area contributed by atoms with Crippen LogP contribution in [0.3, 0.4) is 0 Å². The van der Waals surface area contributed by atoms with Gasteiger partial charge >= 0.3 is 0 Å². The maximum Gasteiger partial charge on any atom is 0.263 e. The highest BCUT2D eigenvalue weighted by Crippen LogP contribution is 2.20. The van der Waals surface area contributed by atoms with E-state index in [-0.39, 0.29) is 30.2 Å². The Morgan fingerprint density at radius 1 is 0.672 bits per heavy atom. The summed E-state index contributed by atoms with van der Waals surface area (Å²) in [5.74, 6) is -0.0402. The van der Waals surface area contributed by atoms with Gasteiger partial charge in [-0.25, -0.2) is 0 Å². The molecule has 0 aromatic heterocycles. The van der Waals surface area contributed by atoms with Crippen LogP contribution in [0.4, 0.5) is 0 Å². The highest BCUT2D eigenvalue weighted by Gasteiger charge is 2.29. The molecule has 9 nitrogen and oxygen atoms in total. The van der Waals surface area contributed by atoms with Crippen LogP contribution in [0, 0.1) is 0 Å².